The van der Waals surface area contributed by atoms with Gasteiger partial charge < -0.3 is 14.9 Å². The number of benzene rings is 1. The van der Waals surface area contributed by atoms with E-state index < -0.39 is 0 Å². The molecule has 0 unspecified atom stereocenters. The van der Waals surface area contributed by atoms with Crippen molar-refractivity contribution in [3.63, 3.8) is 0 Å². The molecular weight excluding hydrogens is 342 g/mol. The van der Waals surface area contributed by atoms with Crippen molar-refractivity contribution in [3.8, 4) is 17.2 Å². The molecule has 0 saturated heterocycles. The first-order valence-corrected chi connectivity index (χ1v) is 5.83. The summed E-state index contributed by atoms with van der Waals surface area (Å²) in [4.78, 5) is 0. The molecule has 0 spiro atoms. The predicted octanol–water partition coefficient (Wildman–Crippen LogP) is 2.85. The normalized spacial score (nSPS) is 10.4. The lowest BCUT2D eigenvalue weighted by Gasteiger charge is -2.07. The van der Waals surface area contributed by atoms with Crippen LogP contribution in [-0.2, 0) is 0 Å². The van der Waals surface area contributed by atoms with Gasteiger partial charge in [0.2, 0.25) is 0 Å². The van der Waals surface area contributed by atoms with E-state index in [0.29, 0.717) is 17.2 Å². The van der Waals surface area contributed by atoms with Crippen molar-refractivity contribution in [2.45, 2.75) is 0 Å². The van der Waals surface area contributed by atoms with E-state index in [1.807, 2.05) is 12.1 Å². The van der Waals surface area contributed by atoms with Crippen molar-refractivity contribution >= 4 is 37.9 Å². The lowest BCUT2D eigenvalue weighted by atomic mass is 10.2. The summed E-state index contributed by atoms with van der Waals surface area (Å²) in [6, 6.07) is 3.70. The minimum absolute atomic E-state index is 0.0214. The Balaban J connectivity index is 2.63. The molecule has 0 aliphatic heterocycles. The Labute approximate surface area is 108 Å². The molecule has 0 fully saturated rings. The minimum Gasteiger partial charge on any atom is -0.495 e. The number of nitrogen functional groups attached to an aromatic ring is 1. The van der Waals surface area contributed by atoms with E-state index in [9.17, 15) is 0 Å². The zero-order valence-corrected chi connectivity index (χ0v) is 11.4. The summed E-state index contributed by atoms with van der Waals surface area (Å²) < 4.78 is 12.1. The molecule has 0 amide bonds. The van der Waals surface area contributed by atoms with E-state index in [4.69, 9.17) is 14.9 Å². The number of methoxy groups -OCH3 is 1. The second-order valence-corrected chi connectivity index (χ2v) is 4.68. The Morgan fingerprint density at radius 2 is 2.06 bits per heavy atom. The van der Waals surface area contributed by atoms with E-state index in [-0.39, 0.29) is 6.01 Å². The van der Waals surface area contributed by atoms with Crippen molar-refractivity contribution < 1.29 is 9.15 Å². The molecule has 0 aliphatic rings. The van der Waals surface area contributed by atoms with Crippen LogP contribution in [0.5, 0.6) is 5.75 Å². The van der Waals surface area contributed by atoms with Crippen molar-refractivity contribution in [3.05, 3.63) is 21.1 Å². The smallest absolute Gasteiger partial charge is 0.313 e. The Morgan fingerprint density at radius 1 is 1.31 bits per heavy atom. The van der Waals surface area contributed by atoms with Crippen molar-refractivity contribution in [2.75, 3.05) is 12.8 Å². The molecular formula is C9H7Br2N3O2. The van der Waals surface area contributed by atoms with Crippen molar-refractivity contribution in [1.82, 2.24) is 10.2 Å². The standard InChI is InChI=1S/C9H7Br2N3O2/c1-15-7-5(2-4(10)3-6(7)11)8-13-14-9(12)16-8/h2-3H,1H3,(H2,12,14). The van der Waals surface area contributed by atoms with Gasteiger partial charge in [0.25, 0.3) is 5.89 Å². The van der Waals surface area contributed by atoms with Crippen LogP contribution in [0.1, 0.15) is 0 Å². The van der Waals surface area contributed by atoms with Gasteiger partial charge in [-0.3, -0.25) is 0 Å². The molecule has 1 aromatic carbocycles. The first-order valence-electron chi connectivity index (χ1n) is 4.24. The van der Waals surface area contributed by atoms with Gasteiger partial charge in [-0.15, -0.1) is 5.10 Å². The van der Waals surface area contributed by atoms with E-state index in [2.05, 4.69) is 42.1 Å². The van der Waals surface area contributed by atoms with Gasteiger partial charge in [-0.1, -0.05) is 21.0 Å². The summed E-state index contributed by atoms with van der Waals surface area (Å²) in [6.45, 7) is 0. The third-order valence-corrected chi connectivity index (χ3v) is 2.93. The number of hydrogen-bond acceptors (Lipinski definition) is 5. The fraction of sp³-hybridized carbons (Fsp3) is 0.111. The van der Waals surface area contributed by atoms with E-state index in [0.717, 1.165) is 8.95 Å². The average Bonchev–Trinajstić information content (AvgIpc) is 2.63. The van der Waals surface area contributed by atoms with Crippen molar-refractivity contribution in [1.29, 1.82) is 0 Å². The zero-order chi connectivity index (χ0) is 11.7. The largest absolute Gasteiger partial charge is 0.495 e. The van der Waals surface area contributed by atoms with Crippen LogP contribution >= 0.6 is 31.9 Å². The zero-order valence-electron chi connectivity index (χ0n) is 8.20. The second kappa shape index (κ2) is 4.42. The van der Waals surface area contributed by atoms with Gasteiger partial charge in [0.05, 0.1) is 17.1 Å². The number of anilines is 1. The molecule has 16 heavy (non-hydrogen) atoms. The Bertz CT molecular complexity index is 527. The minimum atomic E-state index is 0.0214. The molecule has 2 rings (SSSR count). The highest BCUT2D eigenvalue weighted by Crippen LogP contribution is 2.38. The molecule has 0 atom stereocenters. The van der Waals surface area contributed by atoms with Crippen LogP contribution in [0.4, 0.5) is 6.01 Å². The lowest BCUT2D eigenvalue weighted by molar-refractivity contribution is 0.412. The van der Waals surface area contributed by atoms with Crippen LogP contribution in [-0.4, -0.2) is 17.3 Å². The van der Waals surface area contributed by atoms with Crippen LogP contribution in [0, 0.1) is 0 Å². The number of ether oxygens (including phenoxy) is 1. The molecule has 0 aliphatic carbocycles. The van der Waals surface area contributed by atoms with Gasteiger partial charge in [-0.25, -0.2) is 0 Å². The monoisotopic (exact) mass is 347 g/mol. The van der Waals surface area contributed by atoms with Gasteiger partial charge >= 0.3 is 6.01 Å². The van der Waals surface area contributed by atoms with Gasteiger partial charge in [0.15, 0.2) is 0 Å². The number of rotatable bonds is 2. The summed E-state index contributed by atoms with van der Waals surface area (Å²) in [5, 5.41) is 7.42. The Hall–Kier alpha value is -1.08. The fourth-order valence-electron chi connectivity index (χ4n) is 1.27. The molecule has 0 saturated carbocycles. The summed E-state index contributed by atoms with van der Waals surface area (Å²) in [5.41, 5.74) is 6.05. The van der Waals surface area contributed by atoms with Crippen LogP contribution in [0.3, 0.4) is 0 Å². The Morgan fingerprint density at radius 3 is 2.62 bits per heavy atom. The van der Waals surface area contributed by atoms with E-state index >= 15 is 0 Å². The maximum Gasteiger partial charge on any atom is 0.313 e. The highest BCUT2D eigenvalue weighted by Gasteiger charge is 2.16. The summed E-state index contributed by atoms with van der Waals surface area (Å²) >= 11 is 6.76. The first kappa shape index (κ1) is 11.4. The summed E-state index contributed by atoms with van der Waals surface area (Å²) in [5.74, 6) is 0.934. The van der Waals surface area contributed by atoms with Gasteiger partial charge in [-0.05, 0) is 28.1 Å². The average molecular weight is 349 g/mol. The van der Waals surface area contributed by atoms with Crippen LogP contribution < -0.4 is 10.5 Å². The molecule has 1 aromatic heterocycles. The van der Waals surface area contributed by atoms with E-state index in [1.165, 1.54) is 0 Å². The third-order valence-electron chi connectivity index (χ3n) is 1.88. The van der Waals surface area contributed by atoms with E-state index in [1.54, 1.807) is 7.11 Å². The molecule has 7 heteroatoms. The molecule has 1 heterocycles. The summed E-state index contributed by atoms with van der Waals surface area (Å²) in [6.07, 6.45) is 0. The number of nitrogens with two attached hydrogens (primary N) is 1. The fourth-order valence-corrected chi connectivity index (χ4v) is 2.66. The van der Waals surface area contributed by atoms with Crippen LogP contribution in [0.2, 0.25) is 0 Å². The first-order chi connectivity index (χ1) is 7.61. The molecule has 2 N–H and O–H groups in total. The number of aromatic nitrogens is 2. The molecule has 2 aromatic rings. The maximum absolute atomic E-state index is 5.38. The number of nitrogens with zero attached hydrogens (tertiary/aromatic N) is 2. The number of halogens is 2. The van der Waals surface area contributed by atoms with Crippen LogP contribution in [0.15, 0.2) is 25.5 Å². The van der Waals surface area contributed by atoms with Gasteiger partial charge in [0.1, 0.15) is 5.75 Å². The summed E-state index contributed by atoms with van der Waals surface area (Å²) in [7, 11) is 1.57. The second-order valence-electron chi connectivity index (χ2n) is 2.91. The highest BCUT2D eigenvalue weighted by molar-refractivity contribution is 9.11. The highest BCUT2D eigenvalue weighted by atomic mass is 79.9. The molecule has 5 nitrogen and oxygen atoms in total. The van der Waals surface area contributed by atoms with Gasteiger partial charge in [0, 0.05) is 4.47 Å². The van der Waals surface area contributed by atoms with Gasteiger partial charge in [-0.2, -0.15) is 0 Å². The van der Waals surface area contributed by atoms with Crippen molar-refractivity contribution in [2.24, 2.45) is 0 Å². The molecule has 84 valence electrons. The predicted molar refractivity (Wildman–Crippen MR) is 66.1 cm³/mol. The SMILES string of the molecule is COc1c(Br)cc(Br)cc1-c1nnc(N)o1. The van der Waals surface area contributed by atoms with Crippen LogP contribution in [0.25, 0.3) is 11.5 Å². The quantitative estimate of drug-likeness (QED) is 0.903. The molecule has 0 bridgehead atoms. The topological polar surface area (TPSA) is 74.2 Å². The third kappa shape index (κ3) is 2.05. The lowest BCUT2D eigenvalue weighted by Crippen LogP contribution is -1.90. The molecule has 0 radical (unpaired) electrons. The Kier molecular flexibility index (Phi) is 3.15. The number of hydrogen-bond donors (Lipinski definition) is 1. The maximum atomic E-state index is 5.38.